The lowest BCUT2D eigenvalue weighted by Gasteiger charge is -2.35. The zero-order valence-corrected chi connectivity index (χ0v) is 12.1. The van der Waals surface area contributed by atoms with Gasteiger partial charge in [-0.1, -0.05) is 19.1 Å². The standard InChI is InChI=1S/C13H26N6/c1-12(2)10-18-5-3-17(4-6-18)7-8-19-11-13(9-14)15-16-19/h11-12H,3-10,14H2,1-2H3. The van der Waals surface area contributed by atoms with Crippen LogP contribution in [-0.2, 0) is 13.1 Å². The maximum Gasteiger partial charge on any atom is 0.0962 e. The zero-order chi connectivity index (χ0) is 13.7. The zero-order valence-electron chi connectivity index (χ0n) is 12.1. The van der Waals surface area contributed by atoms with Crippen molar-refractivity contribution in [2.24, 2.45) is 11.7 Å². The second-order valence-corrected chi connectivity index (χ2v) is 5.71. The molecule has 19 heavy (non-hydrogen) atoms. The van der Waals surface area contributed by atoms with Gasteiger partial charge < -0.3 is 10.6 Å². The molecule has 0 atom stereocenters. The number of hydrogen-bond donors (Lipinski definition) is 1. The molecule has 1 aromatic heterocycles. The van der Waals surface area contributed by atoms with Crippen LogP contribution in [0.5, 0.6) is 0 Å². The van der Waals surface area contributed by atoms with Gasteiger partial charge in [0, 0.05) is 52.0 Å². The highest BCUT2D eigenvalue weighted by atomic mass is 15.4. The SMILES string of the molecule is CC(C)CN1CCN(CCn2cc(CN)nn2)CC1. The molecule has 1 saturated heterocycles. The van der Waals surface area contributed by atoms with E-state index in [2.05, 4.69) is 34.0 Å². The summed E-state index contributed by atoms with van der Waals surface area (Å²) in [7, 11) is 0. The first-order valence-corrected chi connectivity index (χ1v) is 7.21. The first-order valence-electron chi connectivity index (χ1n) is 7.21. The molecule has 0 saturated carbocycles. The Morgan fingerprint density at radius 3 is 2.42 bits per heavy atom. The Morgan fingerprint density at radius 1 is 1.16 bits per heavy atom. The van der Waals surface area contributed by atoms with E-state index in [4.69, 9.17) is 5.73 Å². The van der Waals surface area contributed by atoms with Crippen LogP contribution in [0.15, 0.2) is 6.20 Å². The van der Waals surface area contributed by atoms with E-state index < -0.39 is 0 Å². The third kappa shape index (κ3) is 4.56. The molecular formula is C13H26N6. The van der Waals surface area contributed by atoms with E-state index in [1.54, 1.807) is 0 Å². The fourth-order valence-electron chi connectivity index (χ4n) is 2.50. The Kier molecular flexibility index (Phi) is 5.30. The van der Waals surface area contributed by atoms with Crippen LogP contribution in [-0.4, -0.2) is 64.1 Å². The molecule has 0 bridgehead atoms. The van der Waals surface area contributed by atoms with Crippen molar-refractivity contribution in [2.75, 3.05) is 39.3 Å². The summed E-state index contributed by atoms with van der Waals surface area (Å²) >= 11 is 0. The fourth-order valence-corrected chi connectivity index (χ4v) is 2.50. The average molecular weight is 266 g/mol. The molecule has 108 valence electrons. The minimum absolute atomic E-state index is 0.466. The molecule has 0 radical (unpaired) electrons. The van der Waals surface area contributed by atoms with E-state index >= 15 is 0 Å². The molecule has 1 aliphatic rings. The minimum atomic E-state index is 0.466. The third-order valence-corrected chi connectivity index (χ3v) is 3.53. The van der Waals surface area contributed by atoms with Crippen molar-refractivity contribution in [3.05, 3.63) is 11.9 Å². The second-order valence-electron chi connectivity index (χ2n) is 5.71. The molecule has 1 fully saturated rings. The lowest BCUT2D eigenvalue weighted by molar-refractivity contribution is 0.118. The summed E-state index contributed by atoms with van der Waals surface area (Å²) in [5.74, 6) is 0.761. The number of aromatic nitrogens is 3. The average Bonchev–Trinajstić information content (AvgIpc) is 2.85. The van der Waals surface area contributed by atoms with Crippen molar-refractivity contribution < 1.29 is 0 Å². The van der Waals surface area contributed by atoms with Crippen LogP contribution in [0.3, 0.4) is 0 Å². The smallest absolute Gasteiger partial charge is 0.0962 e. The lowest BCUT2D eigenvalue weighted by Crippen LogP contribution is -2.48. The Morgan fingerprint density at radius 2 is 1.84 bits per heavy atom. The van der Waals surface area contributed by atoms with Crippen LogP contribution in [0.4, 0.5) is 0 Å². The van der Waals surface area contributed by atoms with E-state index in [1.807, 2.05) is 10.9 Å². The number of nitrogens with two attached hydrogens (primary N) is 1. The fraction of sp³-hybridized carbons (Fsp3) is 0.846. The topological polar surface area (TPSA) is 63.2 Å². The molecular weight excluding hydrogens is 240 g/mol. The van der Waals surface area contributed by atoms with Gasteiger partial charge in [-0.2, -0.15) is 0 Å². The van der Waals surface area contributed by atoms with Gasteiger partial charge in [-0.3, -0.25) is 9.58 Å². The highest BCUT2D eigenvalue weighted by Gasteiger charge is 2.17. The van der Waals surface area contributed by atoms with Gasteiger partial charge >= 0.3 is 0 Å². The van der Waals surface area contributed by atoms with Crippen LogP contribution < -0.4 is 5.73 Å². The molecule has 0 amide bonds. The van der Waals surface area contributed by atoms with E-state index in [9.17, 15) is 0 Å². The van der Waals surface area contributed by atoms with Gasteiger partial charge in [-0.25, -0.2) is 0 Å². The van der Waals surface area contributed by atoms with E-state index in [-0.39, 0.29) is 0 Å². The maximum atomic E-state index is 5.53. The first kappa shape index (κ1) is 14.4. The predicted octanol–water partition coefficient (Wildman–Crippen LogP) is 0.0104. The molecule has 0 spiro atoms. The molecule has 1 aromatic rings. The molecule has 2 rings (SSSR count). The van der Waals surface area contributed by atoms with Crippen LogP contribution in [0.25, 0.3) is 0 Å². The molecule has 0 aliphatic carbocycles. The van der Waals surface area contributed by atoms with E-state index in [0.717, 1.165) is 37.8 Å². The number of piperazine rings is 1. The molecule has 6 heteroatoms. The molecule has 6 nitrogen and oxygen atoms in total. The highest BCUT2D eigenvalue weighted by molar-refractivity contribution is 4.90. The Balaban J connectivity index is 1.68. The number of nitrogens with zero attached hydrogens (tertiary/aromatic N) is 5. The van der Waals surface area contributed by atoms with Crippen molar-refractivity contribution in [2.45, 2.75) is 26.9 Å². The normalized spacial score (nSPS) is 18.3. The van der Waals surface area contributed by atoms with Gasteiger partial charge in [0.2, 0.25) is 0 Å². The minimum Gasteiger partial charge on any atom is -0.325 e. The van der Waals surface area contributed by atoms with Gasteiger partial charge in [0.1, 0.15) is 0 Å². The van der Waals surface area contributed by atoms with Crippen LogP contribution in [0, 0.1) is 5.92 Å². The summed E-state index contributed by atoms with van der Waals surface area (Å²) in [5, 5.41) is 8.08. The Hall–Kier alpha value is -0.980. The van der Waals surface area contributed by atoms with Crippen LogP contribution >= 0.6 is 0 Å². The van der Waals surface area contributed by atoms with Crippen molar-refractivity contribution >= 4 is 0 Å². The highest BCUT2D eigenvalue weighted by Crippen LogP contribution is 2.05. The first-order chi connectivity index (χ1) is 9.17. The summed E-state index contributed by atoms with van der Waals surface area (Å²) in [5.41, 5.74) is 6.39. The van der Waals surface area contributed by atoms with Crippen LogP contribution in [0.2, 0.25) is 0 Å². The lowest BCUT2D eigenvalue weighted by atomic mass is 10.2. The molecule has 2 N–H and O–H groups in total. The second kappa shape index (κ2) is 6.98. The summed E-state index contributed by atoms with van der Waals surface area (Å²) in [6.07, 6.45) is 1.94. The number of rotatable bonds is 6. The molecule has 0 unspecified atom stereocenters. The number of hydrogen-bond acceptors (Lipinski definition) is 5. The summed E-state index contributed by atoms with van der Waals surface area (Å²) < 4.78 is 1.89. The van der Waals surface area contributed by atoms with E-state index in [1.165, 1.54) is 19.6 Å². The van der Waals surface area contributed by atoms with E-state index in [0.29, 0.717) is 6.54 Å². The van der Waals surface area contributed by atoms with Gasteiger partial charge in [-0.15, -0.1) is 5.10 Å². The molecule has 1 aliphatic heterocycles. The van der Waals surface area contributed by atoms with Crippen molar-refractivity contribution in [3.8, 4) is 0 Å². The summed E-state index contributed by atoms with van der Waals surface area (Å²) in [4.78, 5) is 5.06. The monoisotopic (exact) mass is 266 g/mol. The molecule has 2 heterocycles. The van der Waals surface area contributed by atoms with Gasteiger partial charge in [-0.05, 0) is 5.92 Å². The summed E-state index contributed by atoms with van der Waals surface area (Å²) in [6, 6.07) is 0. The Labute approximate surface area is 115 Å². The van der Waals surface area contributed by atoms with Crippen molar-refractivity contribution in [1.82, 2.24) is 24.8 Å². The third-order valence-electron chi connectivity index (χ3n) is 3.53. The molecule has 0 aromatic carbocycles. The van der Waals surface area contributed by atoms with Gasteiger partial charge in [0.05, 0.1) is 12.2 Å². The van der Waals surface area contributed by atoms with Crippen molar-refractivity contribution in [1.29, 1.82) is 0 Å². The van der Waals surface area contributed by atoms with Crippen LogP contribution in [0.1, 0.15) is 19.5 Å². The Bertz CT molecular complexity index is 367. The summed E-state index contributed by atoms with van der Waals surface area (Å²) in [6.45, 7) is 12.9. The van der Waals surface area contributed by atoms with Gasteiger partial charge in [0.25, 0.3) is 0 Å². The largest absolute Gasteiger partial charge is 0.325 e. The predicted molar refractivity (Wildman–Crippen MR) is 75.6 cm³/mol. The quantitative estimate of drug-likeness (QED) is 0.786. The van der Waals surface area contributed by atoms with Gasteiger partial charge in [0.15, 0.2) is 0 Å². The maximum absolute atomic E-state index is 5.53. The van der Waals surface area contributed by atoms with Crippen molar-refractivity contribution in [3.63, 3.8) is 0 Å².